The monoisotopic (exact) mass is 281 g/mol. The summed E-state index contributed by atoms with van der Waals surface area (Å²) < 4.78 is 0. The summed E-state index contributed by atoms with van der Waals surface area (Å²) in [7, 11) is 0. The highest BCUT2D eigenvalue weighted by Crippen LogP contribution is 2.36. The molecule has 0 heterocycles. The lowest BCUT2D eigenvalue weighted by molar-refractivity contribution is -0.144. The Morgan fingerprint density at radius 3 is 2.42 bits per heavy atom. The number of carboxylic acids is 1. The number of carbonyl (C=O) groups is 1. The number of aliphatic carboxylic acids is 1. The molecule has 2 rings (SSSR count). The standard InChI is InChI=1S/C14H19NO3S/c15-11-1-3-12(4-2-11)19-9-14(18)7-5-10(6-8-14)13(16)17/h1-4,10,18H,5-9,15H2,(H,16,17). The van der Waals surface area contributed by atoms with Gasteiger partial charge in [0, 0.05) is 16.3 Å². The Labute approximate surface area is 117 Å². The van der Waals surface area contributed by atoms with Gasteiger partial charge < -0.3 is 15.9 Å². The minimum Gasteiger partial charge on any atom is -0.481 e. The second-order valence-corrected chi connectivity index (χ2v) is 6.24. The molecule has 0 unspecified atom stereocenters. The van der Waals surface area contributed by atoms with Gasteiger partial charge in [-0.15, -0.1) is 11.8 Å². The highest BCUT2D eigenvalue weighted by Gasteiger charge is 2.35. The zero-order valence-corrected chi connectivity index (χ0v) is 11.5. The molecule has 1 aromatic carbocycles. The van der Waals surface area contributed by atoms with E-state index in [1.165, 1.54) is 0 Å². The second kappa shape index (κ2) is 5.84. The van der Waals surface area contributed by atoms with Gasteiger partial charge in [0.1, 0.15) is 0 Å². The molecule has 1 fully saturated rings. The van der Waals surface area contributed by atoms with Gasteiger partial charge in [-0.25, -0.2) is 0 Å². The van der Waals surface area contributed by atoms with E-state index >= 15 is 0 Å². The van der Waals surface area contributed by atoms with Crippen LogP contribution in [0.5, 0.6) is 0 Å². The third-order valence-corrected chi connectivity index (χ3v) is 4.94. The highest BCUT2D eigenvalue weighted by atomic mass is 32.2. The molecule has 104 valence electrons. The van der Waals surface area contributed by atoms with E-state index in [1.54, 1.807) is 11.8 Å². The Hall–Kier alpha value is -1.20. The van der Waals surface area contributed by atoms with E-state index in [0.717, 1.165) is 10.6 Å². The van der Waals surface area contributed by atoms with Gasteiger partial charge in [-0.1, -0.05) is 0 Å². The van der Waals surface area contributed by atoms with Gasteiger partial charge in [-0.3, -0.25) is 4.79 Å². The number of nitrogens with two attached hydrogens (primary N) is 1. The molecule has 1 aliphatic carbocycles. The van der Waals surface area contributed by atoms with Crippen LogP contribution in [0.1, 0.15) is 25.7 Å². The molecule has 4 nitrogen and oxygen atoms in total. The van der Waals surface area contributed by atoms with Crippen molar-refractivity contribution in [1.29, 1.82) is 0 Å². The van der Waals surface area contributed by atoms with Gasteiger partial charge in [0.05, 0.1) is 11.5 Å². The molecule has 0 aliphatic heterocycles. The predicted molar refractivity (Wildman–Crippen MR) is 76.1 cm³/mol. The van der Waals surface area contributed by atoms with Gasteiger partial charge in [0.15, 0.2) is 0 Å². The molecule has 19 heavy (non-hydrogen) atoms. The number of hydrogen-bond acceptors (Lipinski definition) is 4. The van der Waals surface area contributed by atoms with Crippen LogP contribution >= 0.6 is 11.8 Å². The maximum absolute atomic E-state index is 10.9. The Balaban J connectivity index is 1.86. The van der Waals surface area contributed by atoms with E-state index in [2.05, 4.69) is 0 Å². The summed E-state index contributed by atoms with van der Waals surface area (Å²) in [4.78, 5) is 12.0. The van der Waals surface area contributed by atoms with Crippen LogP contribution in [0.15, 0.2) is 29.2 Å². The van der Waals surface area contributed by atoms with E-state index in [4.69, 9.17) is 10.8 Å². The third kappa shape index (κ3) is 3.88. The molecule has 5 heteroatoms. The number of thioether (sulfide) groups is 1. The van der Waals surface area contributed by atoms with Crippen molar-refractivity contribution >= 4 is 23.4 Å². The third-order valence-electron chi connectivity index (χ3n) is 3.65. The van der Waals surface area contributed by atoms with Crippen LogP contribution in [0.4, 0.5) is 5.69 Å². The lowest BCUT2D eigenvalue weighted by Gasteiger charge is -2.34. The molecule has 0 radical (unpaired) electrons. The first-order valence-corrected chi connectivity index (χ1v) is 7.41. The number of rotatable bonds is 4. The van der Waals surface area contributed by atoms with Crippen molar-refractivity contribution in [3.05, 3.63) is 24.3 Å². The first-order valence-electron chi connectivity index (χ1n) is 6.42. The van der Waals surface area contributed by atoms with Crippen LogP contribution < -0.4 is 5.73 Å². The van der Waals surface area contributed by atoms with Gasteiger partial charge in [-0.05, 0) is 49.9 Å². The maximum Gasteiger partial charge on any atom is 0.306 e. The minimum atomic E-state index is -0.742. The van der Waals surface area contributed by atoms with E-state index in [1.807, 2.05) is 24.3 Å². The quantitative estimate of drug-likeness (QED) is 0.583. The fraction of sp³-hybridized carbons (Fsp3) is 0.500. The number of benzene rings is 1. The van der Waals surface area contributed by atoms with E-state index in [9.17, 15) is 9.90 Å². The highest BCUT2D eigenvalue weighted by molar-refractivity contribution is 7.99. The Kier molecular flexibility index (Phi) is 4.37. The van der Waals surface area contributed by atoms with Crippen molar-refractivity contribution in [2.24, 2.45) is 5.92 Å². The summed E-state index contributed by atoms with van der Waals surface area (Å²) in [5.41, 5.74) is 5.61. The van der Waals surface area contributed by atoms with Gasteiger partial charge in [-0.2, -0.15) is 0 Å². The number of anilines is 1. The van der Waals surface area contributed by atoms with E-state index in [0.29, 0.717) is 31.4 Å². The summed E-state index contributed by atoms with van der Waals surface area (Å²) in [5, 5.41) is 19.4. The summed E-state index contributed by atoms with van der Waals surface area (Å²) in [5.74, 6) is -0.432. The van der Waals surface area contributed by atoms with Crippen molar-refractivity contribution in [3.63, 3.8) is 0 Å². The van der Waals surface area contributed by atoms with Gasteiger partial charge in [0.25, 0.3) is 0 Å². The predicted octanol–water partition coefficient (Wildman–Crippen LogP) is 2.37. The SMILES string of the molecule is Nc1ccc(SCC2(O)CCC(C(=O)O)CC2)cc1. The van der Waals surface area contributed by atoms with Crippen molar-refractivity contribution in [2.75, 3.05) is 11.5 Å². The summed E-state index contributed by atoms with van der Waals surface area (Å²) >= 11 is 1.59. The van der Waals surface area contributed by atoms with E-state index in [-0.39, 0.29) is 5.92 Å². The van der Waals surface area contributed by atoms with Crippen LogP contribution in [0, 0.1) is 5.92 Å². The lowest BCUT2D eigenvalue weighted by atomic mass is 9.80. The average Bonchev–Trinajstić information content (AvgIpc) is 2.39. The zero-order chi connectivity index (χ0) is 13.9. The first-order chi connectivity index (χ1) is 8.98. The fourth-order valence-corrected chi connectivity index (χ4v) is 3.38. The fourth-order valence-electron chi connectivity index (χ4n) is 2.33. The average molecular weight is 281 g/mol. The molecular formula is C14H19NO3S. The molecule has 0 atom stereocenters. The summed E-state index contributed by atoms with van der Waals surface area (Å²) in [6, 6.07) is 7.56. The van der Waals surface area contributed by atoms with Crippen molar-refractivity contribution in [1.82, 2.24) is 0 Å². The van der Waals surface area contributed by atoms with Gasteiger partial charge >= 0.3 is 5.97 Å². The number of carboxylic acid groups (broad SMARTS) is 1. The molecule has 0 saturated heterocycles. The van der Waals surface area contributed by atoms with Crippen LogP contribution in [-0.2, 0) is 4.79 Å². The van der Waals surface area contributed by atoms with Crippen molar-refractivity contribution in [3.8, 4) is 0 Å². The molecule has 1 aromatic rings. The molecule has 0 amide bonds. The number of nitrogen functional groups attached to an aromatic ring is 1. The Morgan fingerprint density at radius 2 is 1.89 bits per heavy atom. The topological polar surface area (TPSA) is 83.5 Å². The zero-order valence-electron chi connectivity index (χ0n) is 10.7. The second-order valence-electron chi connectivity index (χ2n) is 5.19. The molecular weight excluding hydrogens is 262 g/mol. The Bertz CT molecular complexity index is 439. The molecule has 4 N–H and O–H groups in total. The smallest absolute Gasteiger partial charge is 0.306 e. The van der Waals surface area contributed by atoms with E-state index < -0.39 is 11.6 Å². The molecule has 1 aliphatic rings. The van der Waals surface area contributed by atoms with Crippen LogP contribution in [0.25, 0.3) is 0 Å². The first kappa shape index (κ1) is 14.2. The maximum atomic E-state index is 10.9. The van der Waals surface area contributed by atoms with Crippen LogP contribution in [0.2, 0.25) is 0 Å². The van der Waals surface area contributed by atoms with Crippen molar-refractivity contribution < 1.29 is 15.0 Å². The van der Waals surface area contributed by atoms with Gasteiger partial charge in [0.2, 0.25) is 0 Å². The normalized spacial score (nSPS) is 27.1. The minimum absolute atomic E-state index is 0.290. The molecule has 0 spiro atoms. The number of hydrogen-bond donors (Lipinski definition) is 3. The van der Waals surface area contributed by atoms with Crippen LogP contribution in [0.3, 0.4) is 0 Å². The lowest BCUT2D eigenvalue weighted by Crippen LogP contribution is -2.38. The molecule has 0 bridgehead atoms. The molecule has 1 saturated carbocycles. The molecule has 0 aromatic heterocycles. The summed E-state index contributed by atoms with van der Waals surface area (Å²) in [6.07, 6.45) is 2.25. The number of aliphatic hydroxyl groups is 1. The Morgan fingerprint density at radius 1 is 1.32 bits per heavy atom. The van der Waals surface area contributed by atoms with Crippen LogP contribution in [-0.4, -0.2) is 27.5 Å². The largest absolute Gasteiger partial charge is 0.481 e. The van der Waals surface area contributed by atoms with Crippen molar-refractivity contribution in [2.45, 2.75) is 36.2 Å². The summed E-state index contributed by atoms with van der Waals surface area (Å²) in [6.45, 7) is 0.